The van der Waals surface area contributed by atoms with Gasteiger partial charge in [-0.05, 0) is 48.1 Å². The summed E-state index contributed by atoms with van der Waals surface area (Å²) in [7, 11) is 0. The van der Waals surface area contributed by atoms with E-state index in [0.29, 0.717) is 0 Å². The number of benzene rings is 1. The van der Waals surface area contributed by atoms with Crippen molar-refractivity contribution in [3.63, 3.8) is 0 Å². The van der Waals surface area contributed by atoms with Gasteiger partial charge >= 0.3 is 0 Å². The predicted molar refractivity (Wildman–Crippen MR) is 88.2 cm³/mol. The van der Waals surface area contributed by atoms with Crippen molar-refractivity contribution in [3.8, 4) is 0 Å². The fraction of sp³-hybridized carbons (Fsp3) is 0.444. The molecule has 2 aromatic rings. The molecule has 2 saturated heterocycles. The number of rotatable bonds is 2. The average molecular weight is 311 g/mol. The number of carbonyl (C=O) groups excluding carboxylic acids is 2. The molecule has 3 heterocycles. The maximum absolute atomic E-state index is 12.1. The molecule has 2 amide bonds. The van der Waals surface area contributed by atoms with E-state index in [1.807, 2.05) is 23.0 Å². The second kappa shape index (κ2) is 5.72. The van der Waals surface area contributed by atoms with Crippen LogP contribution < -0.4 is 10.6 Å². The normalized spacial score (nSPS) is 25.2. The number of fused-ring (bicyclic) bond motifs is 1. The highest BCUT2D eigenvalue weighted by Gasteiger charge is 2.25. The molecule has 23 heavy (non-hydrogen) atoms. The fourth-order valence-electron chi connectivity index (χ4n) is 3.71. The Labute approximate surface area is 135 Å². The van der Waals surface area contributed by atoms with Gasteiger partial charge in [0.05, 0.1) is 5.92 Å². The molecule has 2 unspecified atom stereocenters. The van der Waals surface area contributed by atoms with Crippen molar-refractivity contribution in [1.82, 2.24) is 15.2 Å². The molecule has 1 aromatic carbocycles. The Morgan fingerprint density at radius 1 is 0.913 bits per heavy atom. The number of hydrogen-bond donors (Lipinski definition) is 2. The van der Waals surface area contributed by atoms with Crippen LogP contribution in [0, 0.1) is 0 Å². The first-order chi connectivity index (χ1) is 11.2. The number of nitrogens with one attached hydrogen (secondary N) is 2. The summed E-state index contributed by atoms with van der Waals surface area (Å²) in [5.41, 5.74) is 1.07. The summed E-state index contributed by atoms with van der Waals surface area (Å²) >= 11 is 0. The lowest BCUT2D eigenvalue weighted by Crippen LogP contribution is -2.37. The molecule has 2 aliphatic heterocycles. The van der Waals surface area contributed by atoms with Crippen LogP contribution in [-0.4, -0.2) is 29.5 Å². The Hall–Kier alpha value is -2.30. The van der Waals surface area contributed by atoms with Crippen molar-refractivity contribution in [2.75, 3.05) is 13.1 Å². The molecule has 0 spiro atoms. The quantitative estimate of drug-likeness (QED) is 0.892. The van der Waals surface area contributed by atoms with Gasteiger partial charge in [0.2, 0.25) is 11.8 Å². The van der Waals surface area contributed by atoms with E-state index in [0.717, 1.165) is 55.1 Å². The third-order valence-electron chi connectivity index (χ3n) is 4.99. The highest BCUT2D eigenvalue weighted by molar-refractivity contribution is 5.89. The van der Waals surface area contributed by atoms with Crippen molar-refractivity contribution in [1.29, 1.82) is 0 Å². The number of hydrogen-bond acceptors (Lipinski definition) is 2. The van der Waals surface area contributed by atoms with E-state index in [1.54, 1.807) is 0 Å². The van der Waals surface area contributed by atoms with E-state index >= 15 is 0 Å². The molecular formula is C18H21N3O2. The molecule has 5 nitrogen and oxygen atoms in total. The van der Waals surface area contributed by atoms with E-state index < -0.39 is 0 Å². The molecule has 0 radical (unpaired) electrons. The Balaban J connectivity index is 1.66. The summed E-state index contributed by atoms with van der Waals surface area (Å²) in [4.78, 5) is 24.1. The summed E-state index contributed by atoms with van der Waals surface area (Å²) in [5, 5.41) is 8.09. The topological polar surface area (TPSA) is 63.1 Å². The second-order valence-corrected chi connectivity index (χ2v) is 6.53. The second-order valence-electron chi connectivity index (χ2n) is 6.53. The zero-order valence-electron chi connectivity index (χ0n) is 13.0. The molecular weight excluding hydrogens is 290 g/mol. The maximum atomic E-state index is 12.1. The summed E-state index contributed by atoms with van der Waals surface area (Å²) in [6, 6.07) is 6.09. The highest BCUT2D eigenvalue weighted by Crippen LogP contribution is 2.29. The van der Waals surface area contributed by atoms with Gasteiger partial charge in [0.25, 0.3) is 0 Å². The number of carbonyl (C=O) groups is 2. The zero-order chi connectivity index (χ0) is 15.8. The molecule has 4 rings (SSSR count). The first-order valence-electron chi connectivity index (χ1n) is 8.39. The SMILES string of the molecule is O=C1NCCCC1c1ccc2cn(C3CCCNC3=O)cc2c1. The van der Waals surface area contributed by atoms with Gasteiger partial charge in [-0.25, -0.2) is 0 Å². The lowest BCUT2D eigenvalue weighted by atomic mass is 9.90. The molecule has 0 bridgehead atoms. The van der Waals surface area contributed by atoms with Crippen LogP contribution in [0.25, 0.3) is 10.8 Å². The fourth-order valence-corrected chi connectivity index (χ4v) is 3.71. The van der Waals surface area contributed by atoms with E-state index in [-0.39, 0.29) is 23.8 Å². The van der Waals surface area contributed by atoms with Gasteiger partial charge in [-0.1, -0.05) is 12.1 Å². The van der Waals surface area contributed by atoms with Gasteiger partial charge < -0.3 is 15.2 Å². The minimum Gasteiger partial charge on any atom is -0.356 e. The first kappa shape index (κ1) is 14.3. The van der Waals surface area contributed by atoms with Gasteiger partial charge in [0.1, 0.15) is 6.04 Å². The molecule has 2 aliphatic rings. The predicted octanol–water partition coefficient (Wildman–Crippen LogP) is 2.09. The minimum atomic E-state index is -0.113. The van der Waals surface area contributed by atoms with Crippen LogP contribution in [0.5, 0.6) is 0 Å². The van der Waals surface area contributed by atoms with E-state index in [4.69, 9.17) is 0 Å². The average Bonchev–Trinajstić information content (AvgIpc) is 2.98. The van der Waals surface area contributed by atoms with Gasteiger partial charge in [0, 0.05) is 25.5 Å². The van der Waals surface area contributed by atoms with Crippen molar-refractivity contribution in [2.45, 2.75) is 37.6 Å². The Morgan fingerprint density at radius 2 is 1.65 bits per heavy atom. The monoisotopic (exact) mass is 311 g/mol. The van der Waals surface area contributed by atoms with E-state index in [1.165, 1.54) is 0 Å². The number of piperidine rings is 2. The zero-order valence-corrected chi connectivity index (χ0v) is 13.0. The highest BCUT2D eigenvalue weighted by atomic mass is 16.2. The molecule has 120 valence electrons. The van der Waals surface area contributed by atoms with Gasteiger partial charge in [-0.2, -0.15) is 0 Å². The van der Waals surface area contributed by atoms with Gasteiger partial charge in [-0.3, -0.25) is 9.59 Å². The molecule has 2 N–H and O–H groups in total. The molecule has 2 atom stereocenters. The summed E-state index contributed by atoms with van der Waals surface area (Å²) in [6.07, 6.45) is 7.90. The minimum absolute atomic E-state index is 0.0468. The van der Waals surface area contributed by atoms with Crippen LogP contribution in [0.15, 0.2) is 30.6 Å². The number of nitrogens with zero attached hydrogens (tertiary/aromatic N) is 1. The van der Waals surface area contributed by atoms with Gasteiger partial charge in [0.15, 0.2) is 0 Å². The summed E-state index contributed by atoms with van der Waals surface area (Å²) < 4.78 is 2.02. The van der Waals surface area contributed by atoms with Crippen LogP contribution >= 0.6 is 0 Å². The Bertz CT molecular complexity index is 739. The third-order valence-corrected chi connectivity index (χ3v) is 4.99. The first-order valence-corrected chi connectivity index (χ1v) is 8.39. The summed E-state index contributed by atoms with van der Waals surface area (Å²) in [6.45, 7) is 1.56. The molecule has 1 aromatic heterocycles. The van der Waals surface area contributed by atoms with Crippen LogP contribution in [0.1, 0.15) is 43.2 Å². The van der Waals surface area contributed by atoms with E-state index in [2.05, 4.69) is 22.8 Å². The van der Waals surface area contributed by atoms with Crippen molar-refractivity contribution >= 4 is 22.6 Å². The molecule has 0 saturated carbocycles. The Kier molecular flexibility index (Phi) is 3.56. The standard InChI is InChI=1S/C18H21N3O2/c22-17-15(3-1-7-19-17)12-5-6-13-10-21(11-14(13)9-12)16-4-2-8-20-18(16)23/h5-6,9-11,15-16H,1-4,7-8H2,(H,19,22)(H,20,23). The van der Waals surface area contributed by atoms with Crippen molar-refractivity contribution < 1.29 is 9.59 Å². The maximum Gasteiger partial charge on any atom is 0.243 e. The lowest BCUT2D eigenvalue weighted by molar-refractivity contribution is -0.126. The molecule has 2 fully saturated rings. The van der Waals surface area contributed by atoms with Crippen molar-refractivity contribution in [2.24, 2.45) is 0 Å². The van der Waals surface area contributed by atoms with Crippen LogP contribution in [0.4, 0.5) is 0 Å². The van der Waals surface area contributed by atoms with Crippen molar-refractivity contribution in [3.05, 3.63) is 36.2 Å². The third kappa shape index (κ3) is 2.60. The smallest absolute Gasteiger partial charge is 0.243 e. The Morgan fingerprint density at radius 3 is 2.43 bits per heavy atom. The van der Waals surface area contributed by atoms with Crippen LogP contribution in [0.3, 0.4) is 0 Å². The number of amides is 2. The molecule has 0 aliphatic carbocycles. The lowest BCUT2D eigenvalue weighted by Gasteiger charge is -2.23. The van der Waals surface area contributed by atoms with Crippen LogP contribution in [-0.2, 0) is 9.59 Å². The van der Waals surface area contributed by atoms with Crippen LogP contribution in [0.2, 0.25) is 0 Å². The largest absolute Gasteiger partial charge is 0.356 e. The van der Waals surface area contributed by atoms with Gasteiger partial charge in [-0.15, -0.1) is 0 Å². The summed E-state index contributed by atoms with van der Waals surface area (Å²) in [5.74, 6) is 0.180. The molecule has 5 heteroatoms. The van der Waals surface area contributed by atoms with E-state index in [9.17, 15) is 9.59 Å². The number of aromatic nitrogens is 1.